The Bertz CT molecular complexity index is 396. The van der Waals surface area contributed by atoms with Gasteiger partial charge in [-0.25, -0.2) is 0 Å². The topological polar surface area (TPSA) is 17.1 Å². The van der Waals surface area contributed by atoms with Gasteiger partial charge in [0.15, 0.2) is 0 Å². The molecule has 0 N–H and O–H groups in total. The molecule has 3 rings (SSSR count). The number of thioether (sulfide) groups is 1. The summed E-state index contributed by atoms with van der Waals surface area (Å²) < 4.78 is 0. The first kappa shape index (κ1) is 21.7. The fraction of sp³-hybridized carbons (Fsp3) is 0.421. The molecular formula is C19H27NaOS. The minimum absolute atomic E-state index is 0. The van der Waals surface area contributed by atoms with Crippen LogP contribution in [-0.2, 0) is 4.79 Å². The summed E-state index contributed by atoms with van der Waals surface area (Å²) in [5.41, 5.74) is 0. The molecule has 0 bridgehead atoms. The normalized spacial score (nSPS) is 14.5. The van der Waals surface area contributed by atoms with Gasteiger partial charge in [-0.2, -0.15) is 11.8 Å². The Morgan fingerprint density at radius 1 is 0.636 bits per heavy atom. The van der Waals surface area contributed by atoms with Crippen LogP contribution in [0.15, 0.2) is 48.5 Å². The molecule has 0 radical (unpaired) electrons. The van der Waals surface area contributed by atoms with Gasteiger partial charge in [0.05, 0.1) is 0 Å². The summed E-state index contributed by atoms with van der Waals surface area (Å²) >= 11 is 2.14. The van der Waals surface area contributed by atoms with Crippen LogP contribution in [0.3, 0.4) is 0 Å². The Kier molecular flexibility index (Phi) is 15.4. The molecule has 22 heavy (non-hydrogen) atoms. The van der Waals surface area contributed by atoms with Crippen LogP contribution < -0.4 is 0 Å². The number of rotatable bonds is 0. The third-order valence-electron chi connectivity index (χ3n) is 3.49. The molecule has 3 heteroatoms. The second-order valence-electron chi connectivity index (χ2n) is 5.08. The van der Waals surface area contributed by atoms with Crippen molar-refractivity contribution in [3.63, 3.8) is 0 Å². The Hall–Kier alpha value is -0.280. The van der Waals surface area contributed by atoms with Crippen LogP contribution in [0.4, 0.5) is 0 Å². The largest absolute Gasteiger partial charge is 0.0616 e. The van der Waals surface area contributed by atoms with E-state index in [1.807, 2.05) is 6.79 Å². The van der Waals surface area contributed by atoms with E-state index < -0.39 is 0 Å². The quantitative estimate of drug-likeness (QED) is 0.628. The molecule has 1 aliphatic rings. The average molecular weight is 326 g/mol. The molecule has 1 fully saturated rings. The second-order valence-corrected chi connectivity index (χ2v) is 6.31. The van der Waals surface area contributed by atoms with Crippen molar-refractivity contribution in [2.75, 3.05) is 11.5 Å². The molecule has 0 saturated carbocycles. The average Bonchev–Trinajstić information content (AvgIpc) is 2.73. The van der Waals surface area contributed by atoms with Crippen molar-refractivity contribution in [2.45, 2.75) is 38.5 Å². The first-order chi connectivity index (χ1) is 10.5. The molecule has 1 nitrogen and oxygen atoms in total. The van der Waals surface area contributed by atoms with Crippen molar-refractivity contribution in [3.8, 4) is 0 Å². The van der Waals surface area contributed by atoms with Crippen LogP contribution in [0.25, 0.3) is 10.8 Å². The zero-order chi connectivity index (χ0) is 15.2. The first-order valence-corrected chi connectivity index (χ1v) is 8.93. The predicted octanol–water partition coefficient (Wildman–Crippen LogP) is 5.08. The van der Waals surface area contributed by atoms with Gasteiger partial charge in [0.2, 0.25) is 0 Å². The third-order valence-corrected chi connectivity index (χ3v) is 4.64. The maximum atomic E-state index is 8.00. The molecule has 0 atom stereocenters. The smallest absolute Gasteiger partial charge is 0.0184 e. The summed E-state index contributed by atoms with van der Waals surface area (Å²) in [6, 6.07) is 16.7. The van der Waals surface area contributed by atoms with Crippen molar-refractivity contribution in [1.29, 1.82) is 0 Å². The third kappa shape index (κ3) is 9.68. The van der Waals surface area contributed by atoms with Gasteiger partial charge in [0, 0.05) is 0 Å². The van der Waals surface area contributed by atoms with Crippen molar-refractivity contribution in [3.05, 3.63) is 48.5 Å². The van der Waals surface area contributed by atoms with Gasteiger partial charge in [-0.05, 0) is 35.1 Å². The molecule has 1 aliphatic heterocycles. The Morgan fingerprint density at radius 3 is 1.32 bits per heavy atom. The SMILES string of the molecule is C1CCCCSCCC1.C=O.[NaH].c1ccc2ccccc2c1. The van der Waals surface area contributed by atoms with E-state index in [1.54, 1.807) is 0 Å². The van der Waals surface area contributed by atoms with E-state index in [2.05, 4.69) is 60.3 Å². The minimum Gasteiger partial charge on any atom is -0.0616 e. The predicted molar refractivity (Wildman–Crippen MR) is 103 cm³/mol. The molecular weight excluding hydrogens is 299 g/mol. The summed E-state index contributed by atoms with van der Waals surface area (Å²) in [5, 5.41) is 2.62. The summed E-state index contributed by atoms with van der Waals surface area (Å²) in [6.07, 6.45) is 8.86. The summed E-state index contributed by atoms with van der Waals surface area (Å²) in [6.45, 7) is 2.00. The van der Waals surface area contributed by atoms with Crippen molar-refractivity contribution >= 4 is 58.9 Å². The minimum atomic E-state index is 0. The van der Waals surface area contributed by atoms with Gasteiger partial charge in [-0.3, -0.25) is 0 Å². The Morgan fingerprint density at radius 2 is 0.955 bits per heavy atom. The number of carbonyl (C=O) groups is 1. The van der Waals surface area contributed by atoms with E-state index >= 15 is 0 Å². The molecule has 0 spiro atoms. The van der Waals surface area contributed by atoms with Crippen molar-refractivity contribution in [1.82, 2.24) is 0 Å². The molecule has 2 aromatic rings. The van der Waals surface area contributed by atoms with Crippen LogP contribution in [0.2, 0.25) is 0 Å². The van der Waals surface area contributed by atoms with Crippen LogP contribution >= 0.6 is 11.8 Å². The molecule has 0 aromatic heterocycles. The molecule has 1 saturated heterocycles. The molecule has 0 aliphatic carbocycles. The van der Waals surface area contributed by atoms with E-state index in [9.17, 15) is 0 Å². The molecule has 0 amide bonds. The Labute approximate surface area is 161 Å². The van der Waals surface area contributed by atoms with Crippen molar-refractivity contribution < 1.29 is 4.79 Å². The van der Waals surface area contributed by atoms with E-state index in [1.165, 1.54) is 60.8 Å². The fourth-order valence-electron chi connectivity index (χ4n) is 2.35. The maximum absolute atomic E-state index is 8.00. The first-order valence-electron chi connectivity index (χ1n) is 7.77. The van der Waals surface area contributed by atoms with Gasteiger partial charge >= 0.3 is 29.6 Å². The van der Waals surface area contributed by atoms with Crippen LogP contribution in [0.5, 0.6) is 0 Å². The van der Waals surface area contributed by atoms with Crippen LogP contribution in [0, 0.1) is 0 Å². The van der Waals surface area contributed by atoms with Gasteiger partial charge in [-0.1, -0.05) is 74.2 Å². The molecule has 0 unspecified atom stereocenters. The van der Waals surface area contributed by atoms with E-state index in [4.69, 9.17) is 4.79 Å². The number of carbonyl (C=O) groups excluding carboxylic acids is 1. The van der Waals surface area contributed by atoms with E-state index in [0.717, 1.165) is 0 Å². The van der Waals surface area contributed by atoms with Gasteiger partial charge < -0.3 is 4.79 Å². The zero-order valence-electron chi connectivity index (χ0n) is 12.8. The zero-order valence-corrected chi connectivity index (χ0v) is 13.6. The second kappa shape index (κ2) is 15.6. The van der Waals surface area contributed by atoms with E-state index in [0.29, 0.717) is 0 Å². The summed E-state index contributed by atoms with van der Waals surface area (Å²) in [7, 11) is 0. The van der Waals surface area contributed by atoms with Crippen molar-refractivity contribution in [2.24, 2.45) is 0 Å². The number of fused-ring (bicyclic) bond motifs is 1. The van der Waals surface area contributed by atoms with Crippen LogP contribution in [0.1, 0.15) is 38.5 Å². The number of benzene rings is 2. The number of hydrogen-bond acceptors (Lipinski definition) is 2. The summed E-state index contributed by atoms with van der Waals surface area (Å²) in [5.74, 6) is 2.83. The van der Waals surface area contributed by atoms with E-state index in [-0.39, 0.29) is 29.6 Å². The van der Waals surface area contributed by atoms with Gasteiger partial charge in [-0.15, -0.1) is 0 Å². The summed E-state index contributed by atoms with van der Waals surface area (Å²) in [4.78, 5) is 8.00. The van der Waals surface area contributed by atoms with Gasteiger partial charge in [0.25, 0.3) is 0 Å². The monoisotopic (exact) mass is 326 g/mol. The molecule has 2 aromatic carbocycles. The Balaban J connectivity index is 0.000000348. The number of hydrogen-bond donors (Lipinski definition) is 0. The maximum Gasteiger partial charge on any atom is -0.0184 e. The molecule has 116 valence electrons. The van der Waals surface area contributed by atoms with Crippen LogP contribution in [-0.4, -0.2) is 47.9 Å². The standard InChI is InChI=1S/C10H8.C8H16S.CH2O.Na.H/c1-2-6-10-8-4-3-7-9(10)5-1;1-2-4-6-8-9-7-5-3-1;1-2;;/h1-8H;1-8H2;1H2;;. The fourth-order valence-corrected chi connectivity index (χ4v) is 3.37. The molecule has 1 heterocycles. The van der Waals surface area contributed by atoms with Gasteiger partial charge in [0.1, 0.15) is 6.79 Å².